The minimum Gasteiger partial charge on any atom is -0.451 e. The fraction of sp³-hybridized carbons (Fsp3) is 0.294. The van der Waals surface area contributed by atoms with E-state index in [1.165, 1.54) is 18.2 Å². The highest BCUT2D eigenvalue weighted by Gasteiger charge is 2.13. The number of halogens is 2. The number of hydrogen-bond donors (Lipinski definition) is 1. The van der Waals surface area contributed by atoms with Crippen molar-refractivity contribution in [2.75, 3.05) is 26.2 Å². The molecule has 5 heteroatoms. The molecule has 116 valence electrons. The lowest BCUT2D eigenvalue weighted by atomic mass is 10.2. The van der Waals surface area contributed by atoms with E-state index >= 15 is 0 Å². The van der Waals surface area contributed by atoms with E-state index in [1.807, 2.05) is 6.07 Å². The summed E-state index contributed by atoms with van der Waals surface area (Å²) in [5.41, 5.74) is 0.889. The molecule has 0 unspecified atom stereocenters. The summed E-state index contributed by atoms with van der Waals surface area (Å²) >= 11 is 0. The third kappa shape index (κ3) is 3.61. The summed E-state index contributed by atoms with van der Waals surface area (Å²) in [7, 11) is 0. The molecule has 1 heterocycles. The molecular weight excluding hydrogens is 286 g/mol. The van der Waals surface area contributed by atoms with Crippen LogP contribution in [0.4, 0.5) is 8.78 Å². The first kappa shape index (κ1) is 14.9. The van der Waals surface area contributed by atoms with E-state index in [0.29, 0.717) is 6.54 Å². The van der Waals surface area contributed by atoms with E-state index in [-0.39, 0.29) is 11.5 Å². The predicted octanol–water partition coefficient (Wildman–Crippen LogP) is 3.16. The average Bonchev–Trinajstić information content (AvgIpc) is 2.53. The standard InChI is InChI=1S/C17H18F2N2O/c18-14-3-1-2-4-16(14)22-17-6-5-13(11-15(17)19)12-21-9-7-20-8-10-21/h1-6,11,20H,7-10,12H2. The molecule has 1 saturated heterocycles. The van der Waals surface area contributed by atoms with Crippen LogP contribution in [-0.2, 0) is 6.54 Å². The van der Waals surface area contributed by atoms with Gasteiger partial charge in [0.2, 0.25) is 0 Å². The summed E-state index contributed by atoms with van der Waals surface area (Å²) in [6.07, 6.45) is 0. The lowest BCUT2D eigenvalue weighted by Gasteiger charge is -2.27. The van der Waals surface area contributed by atoms with Crippen LogP contribution in [0.25, 0.3) is 0 Å². The van der Waals surface area contributed by atoms with E-state index < -0.39 is 11.6 Å². The first-order valence-electron chi connectivity index (χ1n) is 7.36. The van der Waals surface area contributed by atoms with Crippen LogP contribution in [0.1, 0.15) is 5.56 Å². The highest BCUT2D eigenvalue weighted by Crippen LogP contribution is 2.27. The molecule has 3 rings (SSSR count). The third-order valence-electron chi connectivity index (χ3n) is 3.67. The minimum absolute atomic E-state index is 0.0243. The Balaban J connectivity index is 1.70. The normalized spacial score (nSPS) is 15.7. The first-order chi connectivity index (χ1) is 10.7. The van der Waals surface area contributed by atoms with Crippen molar-refractivity contribution in [3.05, 3.63) is 59.7 Å². The Labute approximate surface area is 128 Å². The van der Waals surface area contributed by atoms with E-state index in [4.69, 9.17) is 4.74 Å². The van der Waals surface area contributed by atoms with Crippen molar-refractivity contribution < 1.29 is 13.5 Å². The Morgan fingerprint density at radius 2 is 1.68 bits per heavy atom. The van der Waals surface area contributed by atoms with Crippen molar-refractivity contribution in [1.29, 1.82) is 0 Å². The second kappa shape index (κ2) is 6.85. The van der Waals surface area contributed by atoms with Gasteiger partial charge in [0.05, 0.1) is 0 Å². The zero-order valence-electron chi connectivity index (χ0n) is 12.2. The molecule has 3 nitrogen and oxygen atoms in total. The zero-order chi connectivity index (χ0) is 15.4. The predicted molar refractivity (Wildman–Crippen MR) is 81.0 cm³/mol. The van der Waals surface area contributed by atoms with Crippen molar-refractivity contribution >= 4 is 0 Å². The Bertz CT molecular complexity index is 642. The fourth-order valence-corrected chi connectivity index (χ4v) is 2.50. The Hall–Kier alpha value is -1.98. The van der Waals surface area contributed by atoms with Gasteiger partial charge in [-0.1, -0.05) is 18.2 Å². The van der Waals surface area contributed by atoms with Gasteiger partial charge in [0.25, 0.3) is 0 Å². The van der Waals surface area contributed by atoms with Crippen LogP contribution >= 0.6 is 0 Å². The molecule has 22 heavy (non-hydrogen) atoms. The van der Waals surface area contributed by atoms with E-state index in [2.05, 4.69) is 10.2 Å². The Morgan fingerprint density at radius 3 is 2.41 bits per heavy atom. The lowest BCUT2D eigenvalue weighted by Crippen LogP contribution is -2.42. The lowest BCUT2D eigenvalue weighted by molar-refractivity contribution is 0.233. The molecule has 1 N–H and O–H groups in total. The van der Waals surface area contributed by atoms with Gasteiger partial charge >= 0.3 is 0 Å². The fourth-order valence-electron chi connectivity index (χ4n) is 2.50. The molecule has 0 aliphatic carbocycles. The second-order valence-corrected chi connectivity index (χ2v) is 5.32. The Morgan fingerprint density at radius 1 is 0.955 bits per heavy atom. The number of nitrogens with zero attached hydrogens (tertiary/aromatic N) is 1. The maximum absolute atomic E-state index is 14.1. The van der Waals surface area contributed by atoms with Crippen LogP contribution in [0.5, 0.6) is 11.5 Å². The minimum atomic E-state index is -0.508. The van der Waals surface area contributed by atoms with Gasteiger partial charge in [-0.05, 0) is 29.8 Å². The second-order valence-electron chi connectivity index (χ2n) is 5.32. The summed E-state index contributed by atoms with van der Waals surface area (Å²) < 4.78 is 33.0. The number of piperazine rings is 1. The molecule has 0 saturated carbocycles. The molecule has 0 spiro atoms. The van der Waals surface area contributed by atoms with Gasteiger partial charge in [0.1, 0.15) is 0 Å². The number of nitrogens with one attached hydrogen (secondary N) is 1. The van der Waals surface area contributed by atoms with Gasteiger partial charge in [-0.2, -0.15) is 0 Å². The maximum atomic E-state index is 14.1. The molecule has 0 radical (unpaired) electrons. The van der Waals surface area contributed by atoms with Gasteiger partial charge in [0, 0.05) is 32.7 Å². The first-order valence-corrected chi connectivity index (χ1v) is 7.36. The van der Waals surface area contributed by atoms with Crippen molar-refractivity contribution in [2.24, 2.45) is 0 Å². The van der Waals surface area contributed by atoms with Crippen LogP contribution in [0.2, 0.25) is 0 Å². The summed E-state index contributed by atoms with van der Waals surface area (Å²) in [6, 6.07) is 10.8. The number of hydrogen-bond acceptors (Lipinski definition) is 3. The van der Waals surface area contributed by atoms with Gasteiger partial charge in [-0.15, -0.1) is 0 Å². The van der Waals surface area contributed by atoms with Crippen molar-refractivity contribution in [3.8, 4) is 11.5 Å². The Kier molecular flexibility index (Phi) is 4.65. The molecule has 0 bridgehead atoms. The summed E-state index contributed by atoms with van der Waals surface area (Å²) in [5, 5.41) is 3.28. The van der Waals surface area contributed by atoms with Crippen LogP contribution in [0.15, 0.2) is 42.5 Å². The number of rotatable bonds is 4. The van der Waals surface area contributed by atoms with Crippen molar-refractivity contribution in [2.45, 2.75) is 6.54 Å². The molecule has 2 aromatic carbocycles. The maximum Gasteiger partial charge on any atom is 0.166 e. The molecule has 1 fully saturated rings. The van der Waals surface area contributed by atoms with E-state index in [1.54, 1.807) is 18.2 Å². The van der Waals surface area contributed by atoms with Crippen LogP contribution < -0.4 is 10.1 Å². The quantitative estimate of drug-likeness (QED) is 0.939. The van der Waals surface area contributed by atoms with Gasteiger partial charge in [-0.25, -0.2) is 8.78 Å². The molecular formula is C17H18F2N2O. The highest BCUT2D eigenvalue weighted by molar-refractivity contribution is 5.35. The smallest absolute Gasteiger partial charge is 0.166 e. The summed E-state index contributed by atoms with van der Waals surface area (Å²) in [6.45, 7) is 4.52. The number of ether oxygens (including phenoxy) is 1. The molecule has 0 amide bonds. The topological polar surface area (TPSA) is 24.5 Å². The van der Waals surface area contributed by atoms with Gasteiger partial charge < -0.3 is 10.1 Å². The average molecular weight is 304 g/mol. The number of para-hydroxylation sites is 1. The largest absolute Gasteiger partial charge is 0.451 e. The summed E-state index contributed by atoms with van der Waals surface area (Å²) in [4.78, 5) is 2.27. The SMILES string of the molecule is Fc1ccccc1Oc1ccc(CN2CCNCC2)cc1F. The molecule has 1 aliphatic rings. The number of benzene rings is 2. The molecule has 2 aromatic rings. The van der Waals surface area contributed by atoms with Crippen LogP contribution in [-0.4, -0.2) is 31.1 Å². The van der Waals surface area contributed by atoms with Gasteiger partial charge in [-0.3, -0.25) is 4.90 Å². The molecule has 0 aromatic heterocycles. The highest BCUT2D eigenvalue weighted by atomic mass is 19.1. The third-order valence-corrected chi connectivity index (χ3v) is 3.67. The van der Waals surface area contributed by atoms with Crippen LogP contribution in [0.3, 0.4) is 0 Å². The molecule has 1 aliphatic heterocycles. The van der Waals surface area contributed by atoms with Crippen molar-refractivity contribution in [1.82, 2.24) is 10.2 Å². The molecule has 0 atom stereocenters. The van der Waals surface area contributed by atoms with Crippen molar-refractivity contribution in [3.63, 3.8) is 0 Å². The van der Waals surface area contributed by atoms with E-state index in [9.17, 15) is 8.78 Å². The van der Waals surface area contributed by atoms with E-state index in [0.717, 1.165) is 31.7 Å². The zero-order valence-corrected chi connectivity index (χ0v) is 12.2. The monoisotopic (exact) mass is 304 g/mol. The van der Waals surface area contributed by atoms with Gasteiger partial charge in [0.15, 0.2) is 23.1 Å². The van der Waals surface area contributed by atoms with Crippen LogP contribution in [0, 0.1) is 11.6 Å². The summed E-state index contributed by atoms with van der Waals surface area (Å²) in [5.74, 6) is -0.923.